The van der Waals surface area contributed by atoms with Crippen LogP contribution in [0.25, 0.3) is 0 Å². The first-order valence-corrected chi connectivity index (χ1v) is 9.88. The maximum Gasteiger partial charge on any atom is 0.256 e. The minimum Gasteiger partial charge on any atom is -0.383 e. The van der Waals surface area contributed by atoms with Crippen molar-refractivity contribution in [1.82, 2.24) is 5.32 Å². The van der Waals surface area contributed by atoms with Gasteiger partial charge in [-0.25, -0.2) is 0 Å². The summed E-state index contributed by atoms with van der Waals surface area (Å²) >= 11 is 1.35. The fraction of sp³-hybridized carbons (Fsp3) is 0.333. The number of nitrogens with one attached hydrogen (secondary N) is 2. The third-order valence-corrected chi connectivity index (χ3v) is 5.00. The summed E-state index contributed by atoms with van der Waals surface area (Å²) in [6.07, 6.45) is 0. The van der Waals surface area contributed by atoms with Gasteiger partial charge in [0.2, 0.25) is 5.91 Å². The van der Waals surface area contributed by atoms with Crippen molar-refractivity contribution < 1.29 is 14.3 Å². The molecule has 0 aromatic heterocycles. The van der Waals surface area contributed by atoms with Gasteiger partial charge in [-0.1, -0.05) is 38.1 Å². The van der Waals surface area contributed by atoms with Gasteiger partial charge in [0.25, 0.3) is 5.91 Å². The number of thioether (sulfide) groups is 1. The van der Waals surface area contributed by atoms with Crippen LogP contribution in [0.2, 0.25) is 0 Å². The first-order valence-electron chi connectivity index (χ1n) is 8.90. The Bertz CT molecular complexity index is 778. The standard InChI is InChI=1S/C21H26N2O3S/c1-15(2)16-7-6-8-17(13-16)23-21(25)18-9-4-5-10-19(18)27-14-20(24)22-11-12-26-3/h4-10,13,15H,11-12,14H2,1-3H3,(H,22,24)(H,23,25). The van der Waals surface area contributed by atoms with Crippen molar-refractivity contribution in [2.24, 2.45) is 0 Å². The Kier molecular flexibility index (Phi) is 8.36. The van der Waals surface area contributed by atoms with Crippen molar-refractivity contribution in [2.75, 3.05) is 31.3 Å². The smallest absolute Gasteiger partial charge is 0.256 e. The number of carbonyl (C=O) groups is 2. The van der Waals surface area contributed by atoms with Gasteiger partial charge >= 0.3 is 0 Å². The summed E-state index contributed by atoms with van der Waals surface area (Å²) in [7, 11) is 1.59. The number of ether oxygens (including phenoxy) is 1. The number of carbonyl (C=O) groups excluding carboxylic acids is 2. The molecular weight excluding hydrogens is 360 g/mol. The number of rotatable bonds is 9. The number of methoxy groups -OCH3 is 1. The molecule has 0 aliphatic heterocycles. The zero-order valence-electron chi connectivity index (χ0n) is 16.0. The lowest BCUT2D eigenvalue weighted by molar-refractivity contribution is -0.118. The summed E-state index contributed by atoms with van der Waals surface area (Å²) in [6, 6.07) is 15.2. The lowest BCUT2D eigenvalue weighted by atomic mass is 10.0. The van der Waals surface area contributed by atoms with E-state index in [0.29, 0.717) is 24.6 Å². The molecule has 2 amide bonds. The Morgan fingerprint density at radius 1 is 1.11 bits per heavy atom. The van der Waals surface area contributed by atoms with Crippen LogP contribution in [0, 0.1) is 0 Å². The van der Waals surface area contributed by atoms with Crippen LogP contribution in [0.1, 0.15) is 35.7 Å². The average molecular weight is 387 g/mol. The molecule has 2 aromatic rings. The maximum atomic E-state index is 12.7. The van der Waals surface area contributed by atoms with Crippen LogP contribution in [-0.2, 0) is 9.53 Å². The second-order valence-corrected chi connectivity index (χ2v) is 7.38. The Labute approximate surface area is 164 Å². The number of hydrogen-bond acceptors (Lipinski definition) is 4. The predicted molar refractivity (Wildman–Crippen MR) is 111 cm³/mol. The van der Waals surface area contributed by atoms with Gasteiger partial charge in [0.1, 0.15) is 0 Å². The van der Waals surface area contributed by atoms with Gasteiger partial charge in [-0.3, -0.25) is 9.59 Å². The summed E-state index contributed by atoms with van der Waals surface area (Å²) in [4.78, 5) is 25.4. The predicted octanol–water partition coefficient (Wildman–Crippen LogP) is 3.92. The van der Waals surface area contributed by atoms with Crippen molar-refractivity contribution in [1.29, 1.82) is 0 Å². The van der Waals surface area contributed by atoms with E-state index in [1.165, 1.54) is 17.3 Å². The second kappa shape index (κ2) is 10.7. The average Bonchev–Trinajstić information content (AvgIpc) is 2.67. The van der Waals surface area contributed by atoms with Crippen molar-refractivity contribution in [2.45, 2.75) is 24.7 Å². The Hall–Kier alpha value is -2.31. The highest BCUT2D eigenvalue weighted by atomic mass is 32.2. The lowest BCUT2D eigenvalue weighted by Crippen LogP contribution is -2.28. The number of hydrogen-bond donors (Lipinski definition) is 2. The molecule has 0 saturated heterocycles. The fourth-order valence-corrected chi connectivity index (χ4v) is 3.32. The highest BCUT2D eigenvalue weighted by Crippen LogP contribution is 2.24. The van der Waals surface area contributed by atoms with E-state index < -0.39 is 0 Å². The SMILES string of the molecule is COCCNC(=O)CSc1ccccc1C(=O)Nc1cccc(C(C)C)c1. The van der Waals surface area contributed by atoms with E-state index in [9.17, 15) is 9.59 Å². The molecule has 0 saturated carbocycles. The summed E-state index contributed by atoms with van der Waals surface area (Å²) in [5.74, 6) is 0.369. The molecule has 0 heterocycles. The molecule has 2 rings (SSSR count). The van der Waals surface area contributed by atoms with E-state index in [4.69, 9.17) is 4.74 Å². The molecule has 27 heavy (non-hydrogen) atoms. The molecule has 2 N–H and O–H groups in total. The zero-order chi connectivity index (χ0) is 19.6. The summed E-state index contributed by atoms with van der Waals surface area (Å²) in [6.45, 7) is 5.18. The first-order chi connectivity index (χ1) is 13.0. The molecule has 0 bridgehead atoms. The highest BCUT2D eigenvalue weighted by molar-refractivity contribution is 8.00. The van der Waals surface area contributed by atoms with E-state index >= 15 is 0 Å². The van der Waals surface area contributed by atoms with Gasteiger partial charge in [-0.05, 0) is 35.7 Å². The molecule has 5 nitrogen and oxygen atoms in total. The Balaban J connectivity index is 2.02. The minimum atomic E-state index is -0.182. The van der Waals surface area contributed by atoms with Crippen molar-refractivity contribution in [3.63, 3.8) is 0 Å². The molecule has 2 aromatic carbocycles. The van der Waals surface area contributed by atoms with E-state index in [2.05, 4.69) is 24.5 Å². The monoisotopic (exact) mass is 386 g/mol. The van der Waals surface area contributed by atoms with Crippen molar-refractivity contribution >= 4 is 29.3 Å². The molecule has 0 atom stereocenters. The van der Waals surface area contributed by atoms with Gasteiger partial charge in [0.15, 0.2) is 0 Å². The van der Waals surface area contributed by atoms with Crippen molar-refractivity contribution in [3.8, 4) is 0 Å². The highest BCUT2D eigenvalue weighted by Gasteiger charge is 2.13. The third-order valence-electron chi connectivity index (χ3n) is 3.93. The molecular formula is C21H26N2O3S. The maximum absolute atomic E-state index is 12.7. The van der Waals surface area contributed by atoms with E-state index in [1.807, 2.05) is 42.5 Å². The van der Waals surface area contributed by atoms with Crippen LogP contribution in [0.5, 0.6) is 0 Å². The van der Waals surface area contributed by atoms with E-state index in [1.54, 1.807) is 13.2 Å². The van der Waals surface area contributed by atoms with Gasteiger partial charge < -0.3 is 15.4 Å². The van der Waals surface area contributed by atoms with Gasteiger partial charge in [0.05, 0.1) is 17.9 Å². The van der Waals surface area contributed by atoms with Gasteiger partial charge in [-0.2, -0.15) is 0 Å². The van der Waals surface area contributed by atoms with E-state index in [-0.39, 0.29) is 17.6 Å². The van der Waals surface area contributed by atoms with Crippen LogP contribution in [0.4, 0.5) is 5.69 Å². The molecule has 144 valence electrons. The van der Waals surface area contributed by atoms with Crippen LogP contribution in [-0.4, -0.2) is 37.8 Å². The van der Waals surface area contributed by atoms with Crippen molar-refractivity contribution in [3.05, 3.63) is 59.7 Å². The molecule has 0 unspecified atom stereocenters. The van der Waals surface area contributed by atoms with Crippen LogP contribution in [0.15, 0.2) is 53.4 Å². The molecule has 0 aliphatic carbocycles. The lowest BCUT2D eigenvalue weighted by Gasteiger charge is -2.12. The van der Waals surface area contributed by atoms with E-state index in [0.717, 1.165) is 10.6 Å². The third kappa shape index (κ3) is 6.73. The fourth-order valence-electron chi connectivity index (χ4n) is 2.44. The molecule has 0 radical (unpaired) electrons. The minimum absolute atomic E-state index is 0.0862. The Morgan fingerprint density at radius 3 is 2.63 bits per heavy atom. The first kappa shape index (κ1) is 21.0. The topological polar surface area (TPSA) is 67.4 Å². The molecule has 6 heteroatoms. The second-order valence-electron chi connectivity index (χ2n) is 6.36. The largest absolute Gasteiger partial charge is 0.383 e. The summed E-state index contributed by atoms with van der Waals surface area (Å²) < 4.78 is 4.91. The number of amides is 2. The Morgan fingerprint density at radius 2 is 1.89 bits per heavy atom. The van der Waals surface area contributed by atoms with Crippen LogP contribution in [0.3, 0.4) is 0 Å². The summed E-state index contributed by atoms with van der Waals surface area (Å²) in [5, 5.41) is 5.73. The van der Waals surface area contributed by atoms with Gasteiger partial charge in [-0.15, -0.1) is 11.8 Å². The van der Waals surface area contributed by atoms with Gasteiger partial charge in [0, 0.05) is 24.2 Å². The number of anilines is 1. The van der Waals surface area contributed by atoms with Crippen LogP contribution < -0.4 is 10.6 Å². The zero-order valence-corrected chi connectivity index (χ0v) is 16.8. The molecule has 0 aliphatic rings. The quantitative estimate of drug-likeness (QED) is 0.506. The summed E-state index contributed by atoms with van der Waals surface area (Å²) in [5.41, 5.74) is 2.49. The molecule has 0 spiro atoms. The van der Waals surface area contributed by atoms with Crippen LogP contribution >= 0.6 is 11.8 Å². The normalized spacial score (nSPS) is 10.7. The number of benzene rings is 2. The molecule has 0 fully saturated rings.